The maximum Gasteiger partial charge on any atom is 0.297 e. The molecule has 0 radical (unpaired) electrons. The topological polar surface area (TPSA) is 50.8 Å². The van der Waals surface area contributed by atoms with E-state index in [1.165, 1.54) is 25.3 Å². The highest BCUT2D eigenvalue weighted by molar-refractivity contribution is 7.71. The Morgan fingerprint density at radius 3 is 2.82 bits per heavy atom. The monoisotopic (exact) mass is 271 g/mol. The number of nitrogens with one attached hydrogen (secondary N) is 1. The summed E-state index contributed by atoms with van der Waals surface area (Å²) in [6, 6.07) is 4.47. The van der Waals surface area contributed by atoms with E-state index >= 15 is 0 Å². The molecular weight excluding hydrogens is 265 g/mol. The second-order valence-corrected chi connectivity index (χ2v) is 3.89. The normalized spacial score (nSPS) is 10.3. The molecule has 0 spiro atoms. The number of aromatic amines is 1. The number of hydrogen-bond donors (Lipinski definition) is 1. The van der Waals surface area contributed by atoms with Crippen LogP contribution in [0.5, 0.6) is 6.01 Å². The molecule has 1 aromatic heterocycles. The molecule has 0 aliphatic carbocycles. The number of methoxy groups -OCH3 is 1. The van der Waals surface area contributed by atoms with Gasteiger partial charge >= 0.3 is 0 Å². The van der Waals surface area contributed by atoms with Crippen LogP contribution in [0.3, 0.4) is 0 Å². The lowest BCUT2D eigenvalue weighted by molar-refractivity contribution is 0.378. The van der Waals surface area contributed by atoms with Gasteiger partial charge in [0.05, 0.1) is 12.1 Å². The summed E-state index contributed by atoms with van der Waals surface area (Å²) in [7, 11) is 1.45. The molecule has 0 aliphatic heterocycles. The molecule has 0 fully saturated rings. The molecule has 0 aliphatic rings. The van der Waals surface area contributed by atoms with Crippen LogP contribution in [0.1, 0.15) is 0 Å². The van der Waals surface area contributed by atoms with Crippen molar-refractivity contribution >= 4 is 23.8 Å². The molecule has 4 nitrogen and oxygen atoms in total. The average molecular weight is 272 g/mol. The highest BCUT2D eigenvalue weighted by atomic mass is 35.5. The first-order chi connectivity index (χ1) is 8.10. The van der Waals surface area contributed by atoms with Gasteiger partial charge in [-0.2, -0.15) is 4.98 Å². The highest BCUT2D eigenvalue weighted by Crippen LogP contribution is 2.22. The van der Waals surface area contributed by atoms with Crippen molar-refractivity contribution in [1.82, 2.24) is 15.0 Å². The summed E-state index contributed by atoms with van der Waals surface area (Å²) in [6.45, 7) is 0. The molecule has 0 amide bonds. The number of H-pyrrole nitrogens is 1. The van der Waals surface area contributed by atoms with E-state index in [-0.39, 0.29) is 15.8 Å². The zero-order chi connectivity index (χ0) is 12.4. The van der Waals surface area contributed by atoms with Crippen molar-refractivity contribution in [3.05, 3.63) is 33.8 Å². The Labute approximate surface area is 106 Å². The lowest BCUT2D eigenvalue weighted by Gasteiger charge is -2.04. The molecular formula is C10H7ClFN3OS. The summed E-state index contributed by atoms with van der Waals surface area (Å²) in [5, 5.41) is 0.0133. The molecule has 0 bridgehead atoms. The van der Waals surface area contributed by atoms with Crippen molar-refractivity contribution in [3.8, 4) is 17.4 Å². The third-order valence-corrected chi connectivity index (χ3v) is 2.49. The van der Waals surface area contributed by atoms with Crippen LogP contribution in [0.2, 0.25) is 5.02 Å². The van der Waals surface area contributed by atoms with E-state index in [0.29, 0.717) is 11.4 Å². The second-order valence-electron chi connectivity index (χ2n) is 3.12. The standard InChI is InChI=1S/C10H7ClFN3OS/c1-16-9-13-8(14-10(17)15-9)5-2-3-7(12)6(11)4-5/h2-4H,1H3,(H,13,14,15,17). The van der Waals surface area contributed by atoms with E-state index in [1.807, 2.05) is 0 Å². The van der Waals surface area contributed by atoms with E-state index in [4.69, 9.17) is 28.6 Å². The lowest BCUT2D eigenvalue weighted by atomic mass is 10.2. The Morgan fingerprint density at radius 1 is 1.41 bits per heavy atom. The van der Waals surface area contributed by atoms with Gasteiger partial charge in [-0.05, 0) is 30.4 Å². The Balaban J connectivity index is 2.55. The van der Waals surface area contributed by atoms with Gasteiger partial charge in [0.15, 0.2) is 0 Å². The highest BCUT2D eigenvalue weighted by Gasteiger charge is 2.06. The number of benzene rings is 1. The predicted octanol–water partition coefficient (Wildman–Crippen LogP) is 3.00. The fraction of sp³-hybridized carbons (Fsp3) is 0.100. The van der Waals surface area contributed by atoms with Gasteiger partial charge in [-0.25, -0.2) is 9.37 Å². The molecule has 2 rings (SSSR count). The van der Waals surface area contributed by atoms with E-state index in [1.54, 1.807) is 0 Å². The average Bonchev–Trinajstić information content (AvgIpc) is 2.32. The van der Waals surface area contributed by atoms with Crippen molar-refractivity contribution in [2.24, 2.45) is 0 Å². The maximum absolute atomic E-state index is 13.0. The quantitative estimate of drug-likeness (QED) is 0.853. The van der Waals surface area contributed by atoms with E-state index in [2.05, 4.69) is 15.0 Å². The van der Waals surface area contributed by atoms with Crippen LogP contribution in [0, 0.1) is 10.6 Å². The Hall–Kier alpha value is -1.53. The van der Waals surface area contributed by atoms with Gasteiger partial charge in [0.25, 0.3) is 6.01 Å². The van der Waals surface area contributed by atoms with Crippen molar-refractivity contribution in [3.63, 3.8) is 0 Å². The summed E-state index contributed by atoms with van der Waals surface area (Å²) in [5.74, 6) is -0.0706. The molecule has 7 heteroatoms. The van der Waals surface area contributed by atoms with Crippen LogP contribution in [-0.4, -0.2) is 22.1 Å². The maximum atomic E-state index is 13.0. The fourth-order valence-corrected chi connectivity index (χ4v) is 1.60. The van der Waals surface area contributed by atoms with Crippen molar-refractivity contribution < 1.29 is 9.13 Å². The van der Waals surface area contributed by atoms with Gasteiger partial charge in [-0.15, -0.1) is 0 Å². The third-order valence-electron chi connectivity index (χ3n) is 2.02. The minimum absolute atomic E-state index is 0.0133. The zero-order valence-corrected chi connectivity index (χ0v) is 10.3. The third kappa shape index (κ3) is 2.59. The first kappa shape index (κ1) is 11.9. The van der Waals surface area contributed by atoms with E-state index < -0.39 is 5.82 Å². The molecule has 1 N–H and O–H groups in total. The van der Waals surface area contributed by atoms with Crippen molar-refractivity contribution in [2.45, 2.75) is 0 Å². The Morgan fingerprint density at radius 2 is 2.18 bits per heavy atom. The van der Waals surface area contributed by atoms with Gasteiger partial charge < -0.3 is 4.74 Å². The predicted molar refractivity (Wildman–Crippen MR) is 64.2 cm³/mol. The van der Waals surface area contributed by atoms with Gasteiger partial charge in [0, 0.05) is 5.56 Å². The van der Waals surface area contributed by atoms with Crippen LogP contribution >= 0.6 is 23.8 Å². The molecule has 2 aromatic rings. The SMILES string of the molecule is COc1nc(=S)nc(-c2ccc(F)c(Cl)c2)[nH]1. The number of hydrogen-bond acceptors (Lipinski definition) is 4. The first-order valence-corrected chi connectivity index (χ1v) is 5.36. The largest absolute Gasteiger partial charge is 0.468 e. The van der Waals surface area contributed by atoms with Crippen LogP contribution < -0.4 is 4.74 Å². The van der Waals surface area contributed by atoms with Crippen LogP contribution in [-0.2, 0) is 0 Å². The lowest BCUT2D eigenvalue weighted by Crippen LogP contribution is -1.97. The number of aromatic nitrogens is 3. The molecule has 1 aromatic carbocycles. The molecule has 0 saturated heterocycles. The molecule has 88 valence electrons. The van der Waals surface area contributed by atoms with Crippen LogP contribution in [0.25, 0.3) is 11.4 Å². The Kier molecular flexibility index (Phi) is 3.35. The molecule has 17 heavy (non-hydrogen) atoms. The summed E-state index contributed by atoms with van der Waals surface area (Å²) in [4.78, 5) is 10.7. The summed E-state index contributed by atoms with van der Waals surface area (Å²) in [6.07, 6.45) is 0. The molecule has 0 saturated carbocycles. The summed E-state index contributed by atoms with van der Waals surface area (Å²) >= 11 is 10.6. The number of ether oxygens (including phenoxy) is 1. The first-order valence-electron chi connectivity index (χ1n) is 4.58. The molecule has 0 atom stereocenters. The fourth-order valence-electron chi connectivity index (χ4n) is 1.24. The second kappa shape index (κ2) is 4.77. The zero-order valence-electron chi connectivity index (χ0n) is 8.70. The summed E-state index contributed by atoms with van der Waals surface area (Å²) < 4.78 is 18.1. The smallest absolute Gasteiger partial charge is 0.297 e. The van der Waals surface area contributed by atoms with Crippen LogP contribution in [0.4, 0.5) is 4.39 Å². The van der Waals surface area contributed by atoms with E-state index in [0.717, 1.165) is 0 Å². The van der Waals surface area contributed by atoms with Gasteiger partial charge in [-0.1, -0.05) is 11.6 Å². The van der Waals surface area contributed by atoms with Gasteiger partial charge in [0.2, 0.25) is 4.77 Å². The summed E-state index contributed by atoms with van der Waals surface area (Å²) in [5.41, 5.74) is 0.600. The van der Waals surface area contributed by atoms with E-state index in [9.17, 15) is 4.39 Å². The Bertz CT molecular complexity index is 617. The van der Waals surface area contributed by atoms with Gasteiger partial charge in [0.1, 0.15) is 11.6 Å². The number of nitrogens with zero attached hydrogens (tertiary/aromatic N) is 2. The van der Waals surface area contributed by atoms with Gasteiger partial charge in [-0.3, -0.25) is 4.98 Å². The number of rotatable bonds is 2. The molecule has 1 heterocycles. The minimum Gasteiger partial charge on any atom is -0.468 e. The van der Waals surface area contributed by atoms with Crippen molar-refractivity contribution in [1.29, 1.82) is 0 Å². The minimum atomic E-state index is -0.491. The number of halogens is 2. The molecule has 0 unspecified atom stereocenters. The van der Waals surface area contributed by atoms with Crippen LogP contribution in [0.15, 0.2) is 18.2 Å². The van der Waals surface area contributed by atoms with Crippen molar-refractivity contribution in [2.75, 3.05) is 7.11 Å².